The number of hydrogen-bond acceptors (Lipinski definition) is 8. The molecule has 3 N–H and O–H groups in total. The van der Waals surface area contributed by atoms with E-state index in [2.05, 4.69) is 15.4 Å². The van der Waals surface area contributed by atoms with Crippen LogP contribution in [0.3, 0.4) is 0 Å². The summed E-state index contributed by atoms with van der Waals surface area (Å²) in [4.78, 5) is 55.6. The lowest BCUT2D eigenvalue weighted by Gasteiger charge is -2.40. The van der Waals surface area contributed by atoms with Gasteiger partial charge < -0.3 is 25.4 Å². The van der Waals surface area contributed by atoms with Gasteiger partial charge in [-0.3, -0.25) is 19.1 Å². The maximum Gasteiger partial charge on any atom is 0.410 e. The van der Waals surface area contributed by atoms with E-state index in [9.17, 15) is 19.2 Å². The number of Topliss-reactive ketones (excluding diaryl/α,β-unsaturated/α-hetero) is 1. The van der Waals surface area contributed by atoms with Gasteiger partial charge in [0.1, 0.15) is 11.2 Å². The monoisotopic (exact) mass is 514 g/mol. The van der Waals surface area contributed by atoms with Crippen molar-refractivity contribution in [3.63, 3.8) is 0 Å². The van der Waals surface area contributed by atoms with E-state index in [1.54, 1.807) is 37.3 Å². The SMILES string of the molecule is CCCc1c(NC(=O)c2cc(C(C)=O)cnc2OCC)c(C(N)=O)nn1C1CN(C(=O)OC(C)(C)C)C1. The number of carbonyl (C=O) groups is 4. The summed E-state index contributed by atoms with van der Waals surface area (Å²) in [6.45, 7) is 11.4. The number of nitrogens with two attached hydrogens (primary N) is 1. The first-order chi connectivity index (χ1) is 17.4. The van der Waals surface area contributed by atoms with E-state index >= 15 is 0 Å². The van der Waals surface area contributed by atoms with Crippen molar-refractivity contribution >= 4 is 29.4 Å². The van der Waals surface area contributed by atoms with Crippen LogP contribution in [0.25, 0.3) is 0 Å². The molecule has 0 aliphatic carbocycles. The van der Waals surface area contributed by atoms with Crippen molar-refractivity contribution in [3.8, 4) is 5.88 Å². The zero-order chi connectivity index (χ0) is 27.5. The molecule has 1 aliphatic rings. The van der Waals surface area contributed by atoms with Crippen molar-refractivity contribution < 1.29 is 28.7 Å². The number of amides is 3. The average molecular weight is 515 g/mol. The fourth-order valence-corrected chi connectivity index (χ4v) is 3.88. The second-order valence-electron chi connectivity index (χ2n) is 9.79. The van der Waals surface area contributed by atoms with Crippen molar-refractivity contribution in [2.75, 3.05) is 25.0 Å². The maximum absolute atomic E-state index is 13.4. The molecule has 0 atom stereocenters. The number of ketones is 1. The van der Waals surface area contributed by atoms with Gasteiger partial charge in [-0.25, -0.2) is 9.78 Å². The van der Waals surface area contributed by atoms with E-state index in [4.69, 9.17) is 15.2 Å². The van der Waals surface area contributed by atoms with E-state index in [1.807, 2.05) is 6.92 Å². The summed E-state index contributed by atoms with van der Waals surface area (Å²) in [5, 5.41) is 7.17. The summed E-state index contributed by atoms with van der Waals surface area (Å²) in [5.41, 5.74) is 5.98. The second-order valence-corrected chi connectivity index (χ2v) is 9.79. The molecule has 0 aromatic carbocycles. The molecule has 0 radical (unpaired) electrons. The van der Waals surface area contributed by atoms with Crippen molar-refractivity contribution in [1.82, 2.24) is 19.7 Å². The van der Waals surface area contributed by atoms with Crippen molar-refractivity contribution in [2.24, 2.45) is 5.73 Å². The van der Waals surface area contributed by atoms with Gasteiger partial charge in [0.15, 0.2) is 11.5 Å². The molecule has 0 bridgehead atoms. The van der Waals surface area contributed by atoms with Crippen LogP contribution < -0.4 is 15.8 Å². The third-order valence-electron chi connectivity index (χ3n) is 5.61. The Bertz CT molecular complexity index is 1210. The summed E-state index contributed by atoms with van der Waals surface area (Å²) >= 11 is 0. The number of anilines is 1. The van der Waals surface area contributed by atoms with E-state index < -0.39 is 23.5 Å². The summed E-state index contributed by atoms with van der Waals surface area (Å²) in [5.74, 6) is -1.64. The van der Waals surface area contributed by atoms with E-state index in [0.29, 0.717) is 31.6 Å². The Kier molecular flexibility index (Phi) is 8.19. The molecule has 3 heterocycles. The highest BCUT2D eigenvalue weighted by Gasteiger charge is 2.38. The second kappa shape index (κ2) is 11.0. The minimum atomic E-state index is -0.810. The van der Waals surface area contributed by atoms with Gasteiger partial charge in [-0.1, -0.05) is 13.3 Å². The van der Waals surface area contributed by atoms with Crippen LogP contribution in [-0.2, 0) is 11.2 Å². The average Bonchev–Trinajstić information content (AvgIpc) is 3.10. The molecular formula is C25H34N6O6. The first-order valence-corrected chi connectivity index (χ1v) is 12.2. The lowest BCUT2D eigenvalue weighted by atomic mass is 10.1. The Morgan fingerprint density at radius 3 is 2.41 bits per heavy atom. The highest BCUT2D eigenvalue weighted by Crippen LogP contribution is 2.31. The molecule has 1 aliphatic heterocycles. The molecule has 2 aromatic rings. The normalized spacial score (nSPS) is 13.6. The fraction of sp³-hybridized carbons (Fsp3) is 0.520. The molecule has 37 heavy (non-hydrogen) atoms. The van der Waals surface area contributed by atoms with Gasteiger partial charge in [0.05, 0.1) is 24.0 Å². The molecule has 0 spiro atoms. The van der Waals surface area contributed by atoms with Crippen LogP contribution in [0.4, 0.5) is 10.5 Å². The number of nitrogens with zero attached hydrogens (tertiary/aromatic N) is 4. The Labute approximate surface area is 215 Å². The van der Waals surface area contributed by atoms with Gasteiger partial charge in [0.25, 0.3) is 11.8 Å². The summed E-state index contributed by atoms with van der Waals surface area (Å²) < 4.78 is 12.5. The minimum absolute atomic E-state index is 0.0416. The third-order valence-corrected chi connectivity index (χ3v) is 5.61. The molecule has 3 amide bonds. The van der Waals surface area contributed by atoms with Crippen molar-refractivity contribution in [3.05, 3.63) is 34.8 Å². The first kappa shape index (κ1) is 27.6. The molecule has 200 valence electrons. The lowest BCUT2D eigenvalue weighted by Crippen LogP contribution is -2.52. The molecule has 3 rings (SSSR count). The first-order valence-electron chi connectivity index (χ1n) is 12.2. The smallest absolute Gasteiger partial charge is 0.410 e. The molecule has 1 saturated heterocycles. The van der Waals surface area contributed by atoms with Gasteiger partial charge in [-0.05, 0) is 47.1 Å². The van der Waals surface area contributed by atoms with Crippen LogP contribution in [0, 0.1) is 0 Å². The summed E-state index contributed by atoms with van der Waals surface area (Å²) in [7, 11) is 0. The van der Waals surface area contributed by atoms with Crippen LogP contribution >= 0.6 is 0 Å². The molecule has 12 heteroatoms. The fourth-order valence-electron chi connectivity index (χ4n) is 3.88. The van der Waals surface area contributed by atoms with Crippen molar-refractivity contribution in [1.29, 1.82) is 0 Å². The number of primary amides is 1. The highest BCUT2D eigenvalue weighted by molar-refractivity contribution is 6.10. The number of ether oxygens (including phenoxy) is 2. The maximum atomic E-state index is 13.4. The number of hydrogen-bond donors (Lipinski definition) is 2. The molecule has 1 fully saturated rings. The largest absolute Gasteiger partial charge is 0.477 e. The predicted octanol–water partition coefficient (Wildman–Crippen LogP) is 2.97. The van der Waals surface area contributed by atoms with Crippen molar-refractivity contribution in [2.45, 2.75) is 66.0 Å². The molecular weight excluding hydrogens is 480 g/mol. The molecule has 12 nitrogen and oxygen atoms in total. The summed E-state index contributed by atoms with van der Waals surface area (Å²) in [6, 6.07) is 1.17. The highest BCUT2D eigenvalue weighted by atomic mass is 16.6. The standard InChI is InChI=1S/C25H34N6O6/c1-7-9-18-19(28-22(34)17-10-15(14(3)32)11-27-23(17)36-8-2)20(21(26)33)29-31(18)16-12-30(13-16)24(35)37-25(4,5)6/h10-11,16H,7-9,12-13H2,1-6H3,(H2,26,33)(H,28,34). The van der Waals surface area contributed by atoms with E-state index in [-0.39, 0.29) is 46.8 Å². The Morgan fingerprint density at radius 1 is 1.19 bits per heavy atom. The Hall–Kier alpha value is -3.96. The number of likely N-dealkylation sites (tertiary alicyclic amines) is 1. The van der Waals surface area contributed by atoms with E-state index in [1.165, 1.54) is 19.2 Å². The van der Waals surface area contributed by atoms with Crippen LogP contribution in [0.1, 0.15) is 90.9 Å². The number of carbonyl (C=O) groups excluding carboxylic acids is 4. The zero-order valence-corrected chi connectivity index (χ0v) is 22.1. The molecule has 0 unspecified atom stereocenters. The minimum Gasteiger partial charge on any atom is -0.477 e. The predicted molar refractivity (Wildman–Crippen MR) is 135 cm³/mol. The third kappa shape index (κ3) is 6.25. The molecule has 2 aromatic heterocycles. The quantitative estimate of drug-likeness (QED) is 0.483. The van der Waals surface area contributed by atoms with Gasteiger partial charge in [0, 0.05) is 24.8 Å². The van der Waals surface area contributed by atoms with Gasteiger partial charge in [-0.15, -0.1) is 0 Å². The summed E-state index contributed by atoms with van der Waals surface area (Å²) in [6.07, 6.45) is 2.09. The lowest BCUT2D eigenvalue weighted by molar-refractivity contribution is -0.000824. The van der Waals surface area contributed by atoms with Gasteiger partial charge in [0.2, 0.25) is 5.88 Å². The van der Waals surface area contributed by atoms with E-state index in [0.717, 1.165) is 0 Å². The molecule has 0 saturated carbocycles. The van der Waals surface area contributed by atoms with Crippen LogP contribution in [0.15, 0.2) is 12.3 Å². The van der Waals surface area contributed by atoms with Gasteiger partial charge in [-0.2, -0.15) is 5.10 Å². The number of nitrogens with one attached hydrogen (secondary N) is 1. The van der Waals surface area contributed by atoms with Gasteiger partial charge >= 0.3 is 6.09 Å². The zero-order valence-electron chi connectivity index (χ0n) is 22.1. The van der Waals surface area contributed by atoms with Crippen LogP contribution in [-0.4, -0.2) is 68.7 Å². The Morgan fingerprint density at radius 2 is 1.86 bits per heavy atom. The number of aromatic nitrogens is 3. The van der Waals surface area contributed by atoms with Crippen LogP contribution in [0.5, 0.6) is 5.88 Å². The topological polar surface area (TPSA) is 159 Å². The number of pyridine rings is 1. The van der Waals surface area contributed by atoms with Crippen LogP contribution in [0.2, 0.25) is 0 Å². The number of rotatable bonds is 9. The Balaban J connectivity index is 1.94.